The van der Waals surface area contributed by atoms with Crippen molar-refractivity contribution >= 4 is 23.5 Å². The summed E-state index contributed by atoms with van der Waals surface area (Å²) in [7, 11) is 0. The monoisotopic (exact) mass is 650 g/mol. The Morgan fingerprint density at radius 2 is 1.85 bits per heavy atom. The van der Waals surface area contributed by atoms with Gasteiger partial charge in [0.15, 0.2) is 0 Å². The Balaban J connectivity index is 1.46. The summed E-state index contributed by atoms with van der Waals surface area (Å²) in [5.41, 5.74) is 1.11. The molecule has 1 saturated heterocycles. The molecular weight excluding hydrogens is 613 g/mol. The fourth-order valence-electron chi connectivity index (χ4n) is 6.05. The number of rotatable bonds is 7. The SMILES string of the molecule is CCOc1ncccc1-c1ccc2c(c1)N(CCNC(=O)OC(C)(C)C)C(=O)NC21CCN(c2ccc(C(F)(F)F)cc2C#N)CC1. The second-order valence-electron chi connectivity index (χ2n) is 12.4. The molecule has 13 heteroatoms. The van der Waals surface area contributed by atoms with E-state index < -0.39 is 29.0 Å². The number of aromatic nitrogens is 1. The standard InChI is InChI=1S/C34H37F3N6O4/c1-5-46-29-25(7-6-14-39-29)22-8-10-26-28(20-22)43(18-15-40-31(45)47-32(2,3)4)30(44)41-33(26)12-16-42(17-13-33)27-11-9-24(34(35,36)37)19-23(27)21-38/h6-11,14,19-20H,5,12-13,15-18H2,1-4H3,(H,40,45)(H,41,44). The topological polar surface area (TPSA) is 120 Å². The molecule has 0 unspecified atom stereocenters. The van der Waals surface area contributed by atoms with Crippen LogP contribution in [0.2, 0.25) is 0 Å². The first-order chi connectivity index (χ1) is 22.2. The van der Waals surface area contributed by atoms with Crippen LogP contribution >= 0.6 is 0 Å². The van der Waals surface area contributed by atoms with E-state index in [1.807, 2.05) is 42.2 Å². The Labute approximate surface area is 271 Å². The zero-order chi connectivity index (χ0) is 34.0. The van der Waals surface area contributed by atoms with Crippen molar-refractivity contribution in [1.29, 1.82) is 5.26 Å². The number of pyridine rings is 1. The van der Waals surface area contributed by atoms with E-state index in [1.54, 1.807) is 37.9 Å². The van der Waals surface area contributed by atoms with Crippen LogP contribution in [-0.4, -0.2) is 55.5 Å². The number of anilines is 2. The summed E-state index contributed by atoms with van der Waals surface area (Å²) in [5.74, 6) is 0.459. The van der Waals surface area contributed by atoms with E-state index in [2.05, 4.69) is 15.6 Å². The van der Waals surface area contributed by atoms with Gasteiger partial charge >= 0.3 is 18.3 Å². The van der Waals surface area contributed by atoms with Crippen LogP contribution in [0.4, 0.5) is 34.1 Å². The van der Waals surface area contributed by atoms with Crippen molar-refractivity contribution in [3.63, 3.8) is 0 Å². The zero-order valence-corrected chi connectivity index (χ0v) is 26.7. The molecule has 2 N–H and O–H groups in total. The Hall–Kier alpha value is -4.99. The predicted molar refractivity (Wildman–Crippen MR) is 170 cm³/mol. The molecule has 0 atom stereocenters. The maximum atomic E-state index is 13.8. The quantitative estimate of drug-likeness (QED) is 0.296. The summed E-state index contributed by atoms with van der Waals surface area (Å²) in [4.78, 5) is 34.0. The second-order valence-corrected chi connectivity index (χ2v) is 12.4. The third kappa shape index (κ3) is 7.21. The van der Waals surface area contributed by atoms with Gasteiger partial charge < -0.3 is 25.0 Å². The van der Waals surface area contributed by atoms with Crippen LogP contribution in [0.3, 0.4) is 0 Å². The Bertz CT molecular complexity index is 1690. The van der Waals surface area contributed by atoms with Crippen LogP contribution in [0.5, 0.6) is 5.88 Å². The number of benzene rings is 2. The number of carbonyl (C=O) groups is 2. The fourth-order valence-corrected chi connectivity index (χ4v) is 6.05. The molecule has 1 spiro atoms. The maximum Gasteiger partial charge on any atom is 0.416 e. The van der Waals surface area contributed by atoms with Crippen molar-refractivity contribution in [2.45, 2.75) is 57.9 Å². The number of urea groups is 1. The number of fused-ring (bicyclic) bond motifs is 2. The van der Waals surface area contributed by atoms with Crippen LogP contribution in [0.1, 0.15) is 57.2 Å². The number of halogens is 3. The van der Waals surface area contributed by atoms with Gasteiger partial charge in [-0.3, -0.25) is 4.90 Å². The number of hydrogen-bond acceptors (Lipinski definition) is 7. The van der Waals surface area contributed by atoms with Crippen molar-refractivity contribution in [1.82, 2.24) is 15.6 Å². The number of ether oxygens (including phenoxy) is 2. The van der Waals surface area contributed by atoms with Gasteiger partial charge in [-0.05, 0) is 82.5 Å². The van der Waals surface area contributed by atoms with Gasteiger partial charge in [0.05, 0.1) is 34.6 Å². The third-order valence-electron chi connectivity index (χ3n) is 8.16. The molecule has 1 aromatic heterocycles. The molecule has 5 rings (SSSR count). The predicted octanol–water partition coefficient (Wildman–Crippen LogP) is 6.59. The largest absolute Gasteiger partial charge is 0.478 e. The average molecular weight is 651 g/mol. The molecule has 47 heavy (non-hydrogen) atoms. The van der Waals surface area contributed by atoms with Crippen molar-refractivity contribution in [2.75, 3.05) is 42.6 Å². The summed E-state index contributed by atoms with van der Waals surface area (Å²) in [5, 5.41) is 15.6. The Morgan fingerprint density at radius 3 is 2.51 bits per heavy atom. The van der Waals surface area contributed by atoms with E-state index in [4.69, 9.17) is 9.47 Å². The van der Waals surface area contributed by atoms with E-state index in [-0.39, 0.29) is 24.7 Å². The average Bonchev–Trinajstić information content (AvgIpc) is 3.01. The van der Waals surface area contributed by atoms with E-state index in [0.717, 1.165) is 28.8 Å². The number of piperidine rings is 1. The molecule has 0 radical (unpaired) electrons. The number of nitriles is 1. The van der Waals surface area contributed by atoms with Crippen molar-refractivity contribution < 1.29 is 32.2 Å². The number of alkyl halides is 3. The summed E-state index contributed by atoms with van der Waals surface area (Å²) in [6.07, 6.45) is -2.62. The molecule has 3 aromatic rings. The molecule has 2 aromatic carbocycles. The van der Waals surface area contributed by atoms with Crippen LogP contribution in [0.15, 0.2) is 54.7 Å². The highest BCUT2D eigenvalue weighted by Crippen LogP contribution is 2.45. The maximum absolute atomic E-state index is 13.8. The van der Waals surface area contributed by atoms with Crippen LogP contribution in [0.25, 0.3) is 11.1 Å². The smallest absolute Gasteiger partial charge is 0.416 e. The molecule has 2 aliphatic heterocycles. The third-order valence-corrected chi connectivity index (χ3v) is 8.16. The van der Waals surface area contributed by atoms with Gasteiger partial charge in [0.2, 0.25) is 5.88 Å². The van der Waals surface area contributed by atoms with Gasteiger partial charge in [-0.2, -0.15) is 18.4 Å². The number of alkyl carbamates (subject to hydrolysis) is 1. The molecule has 10 nitrogen and oxygen atoms in total. The lowest BCUT2D eigenvalue weighted by Crippen LogP contribution is -2.61. The van der Waals surface area contributed by atoms with Gasteiger partial charge in [-0.1, -0.05) is 12.1 Å². The first kappa shape index (κ1) is 33.4. The minimum Gasteiger partial charge on any atom is -0.478 e. The molecule has 0 saturated carbocycles. The zero-order valence-electron chi connectivity index (χ0n) is 26.7. The minimum absolute atomic E-state index is 0.0567. The molecule has 2 aliphatic rings. The Morgan fingerprint density at radius 1 is 1.11 bits per heavy atom. The van der Waals surface area contributed by atoms with Crippen LogP contribution in [0, 0.1) is 11.3 Å². The summed E-state index contributed by atoms with van der Waals surface area (Å²) < 4.78 is 51.0. The normalized spacial score (nSPS) is 15.8. The molecule has 3 amide bonds. The first-order valence-corrected chi connectivity index (χ1v) is 15.4. The Kier molecular flexibility index (Phi) is 9.25. The number of amides is 3. The molecule has 248 valence electrons. The fraction of sp³-hybridized carbons (Fsp3) is 0.412. The lowest BCUT2D eigenvalue weighted by atomic mass is 9.77. The van der Waals surface area contributed by atoms with Crippen molar-refractivity contribution in [3.05, 3.63) is 71.4 Å². The van der Waals surface area contributed by atoms with Crippen LogP contribution in [-0.2, 0) is 16.5 Å². The highest BCUT2D eigenvalue weighted by Gasteiger charge is 2.45. The first-order valence-electron chi connectivity index (χ1n) is 15.4. The summed E-state index contributed by atoms with van der Waals surface area (Å²) in [6, 6.07) is 14.3. The van der Waals surface area contributed by atoms with E-state index in [0.29, 0.717) is 49.8 Å². The number of carbonyl (C=O) groups excluding carboxylic acids is 2. The summed E-state index contributed by atoms with van der Waals surface area (Å²) >= 11 is 0. The lowest BCUT2D eigenvalue weighted by molar-refractivity contribution is -0.137. The van der Waals surface area contributed by atoms with Crippen molar-refractivity contribution in [3.8, 4) is 23.1 Å². The van der Waals surface area contributed by atoms with Gasteiger partial charge in [-0.15, -0.1) is 0 Å². The van der Waals surface area contributed by atoms with Gasteiger partial charge in [0, 0.05) is 43.5 Å². The van der Waals surface area contributed by atoms with Gasteiger partial charge in [0.25, 0.3) is 0 Å². The van der Waals surface area contributed by atoms with Crippen molar-refractivity contribution in [2.24, 2.45) is 0 Å². The highest BCUT2D eigenvalue weighted by molar-refractivity contribution is 5.97. The minimum atomic E-state index is -4.56. The second kappa shape index (κ2) is 13.0. The molecule has 0 bridgehead atoms. The molecule has 0 aliphatic carbocycles. The molecular formula is C34H37F3N6O4. The molecule has 1 fully saturated rings. The summed E-state index contributed by atoms with van der Waals surface area (Å²) in [6.45, 7) is 8.66. The van der Waals surface area contributed by atoms with Crippen LogP contribution < -0.4 is 25.2 Å². The van der Waals surface area contributed by atoms with Gasteiger partial charge in [-0.25, -0.2) is 14.6 Å². The highest BCUT2D eigenvalue weighted by atomic mass is 19.4. The molecule has 3 heterocycles. The van der Waals surface area contributed by atoms with E-state index >= 15 is 0 Å². The number of hydrogen-bond donors (Lipinski definition) is 2. The number of nitrogens with zero attached hydrogens (tertiary/aromatic N) is 4. The van der Waals surface area contributed by atoms with Gasteiger partial charge in [0.1, 0.15) is 11.7 Å². The number of nitrogens with one attached hydrogen (secondary N) is 2. The van der Waals surface area contributed by atoms with E-state index in [9.17, 15) is 28.0 Å². The van der Waals surface area contributed by atoms with E-state index in [1.165, 1.54) is 6.07 Å². The lowest BCUT2D eigenvalue weighted by Gasteiger charge is -2.48.